The summed E-state index contributed by atoms with van der Waals surface area (Å²) in [5, 5.41) is -0.636. The van der Waals surface area contributed by atoms with Crippen LogP contribution >= 0.6 is 22.6 Å². The standard InChI is InChI=1S/C79H141IO16SSi5/c1-50-31-34-57(97(82)83)46-58(50)69(62-36-37-63-71(91-62)73(95-101(27,28)78(14,15)16)74(96-102(29,30)79(17,18)19)72(92-63)64(39-40-80)94-100(25,26)77(11,12)13)60(81)47-59-66(90-67(70(59)84-20)45-56(93-99(23,24)76(8,9)10)49-87-98(21,22)75(5,6)7)48-65-53(4)51(2)43-54(89-65)32-35-61-52(3)44-55(88-61)33-38-68-85-41-42-86-68/h31,34,39-40,46,51,54-56,59,61-74,97H,3-4,32-33,35-38,41-45,47-49H2,1-2,5-30H3/b40-39+/t51-,54+,55+,56?,59+,61+,62-,63+,64?,65-,66+,67-,69?,70-,71+,72+,73?,74?/m1/s1. The Labute approximate surface area is 639 Å². The molecular formula is C79H141IO16SSi5. The molecule has 23 heteroatoms. The summed E-state index contributed by atoms with van der Waals surface area (Å²) in [5.74, 6) is -1.35. The van der Waals surface area contributed by atoms with Gasteiger partial charge in [-0.05, 0) is 193 Å². The van der Waals surface area contributed by atoms with Gasteiger partial charge >= 0.3 is 0 Å². The first-order chi connectivity index (χ1) is 46.7. The lowest BCUT2D eigenvalue weighted by Gasteiger charge is -2.56. The number of carbonyl (C=O) groups excluding carboxylic acids is 1. The van der Waals surface area contributed by atoms with Crippen LogP contribution in [0.1, 0.15) is 198 Å². The molecule has 0 saturated carbocycles. The number of hydrogen-bond acceptors (Lipinski definition) is 16. The second-order valence-electron chi connectivity index (χ2n) is 38.7. The molecule has 18 atom stereocenters. The van der Waals surface area contributed by atoms with Gasteiger partial charge in [-0.3, -0.25) is 4.79 Å². The third-order valence-electron chi connectivity index (χ3n) is 26.0. The molecule has 1 aromatic carbocycles. The Bertz CT molecular complexity index is 3070. The van der Waals surface area contributed by atoms with E-state index in [0.29, 0.717) is 51.1 Å². The maximum atomic E-state index is 16.8. The molecule has 5 unspecified atom stereocenters. The minimum Gasteiger partial charge on any atom is -0.414 e. The molecule has 6 heterocycles. The number of ether oxygens (including phenoxy) is 8. The second kappa shape index (κ2) is 34.5. The van der Waals surface area contributed by atoms with Crippen LogP contribution < -0.4 is 0 Å². The Hall–Kier alpha value is -0.646. The number of methoxy groups -OCH3 is 1. The molecule has 102 heavy (non-hydrogen) atoms. The van der Waals surface area contributed by atoms with Crippen LogP contribution in [0.15, 0.2) is 57.6 Å². The van der Waals surface area contributed by atoms with Crippen molar-refractivity contribution in [3.05, 3.63) is 63.8 Å². The fraction of sp³-hybridized carbons (Fsp3) is 0.835. The Balaban J connectivity index is 1.32. The third-order valence-corrected chi connectivity index (χ3v) is 49.6. The van der Waals surface area contributed by atoms with Crippen molar-refractivity contribution in [1.29, 1.82) is 0 Å². The molecule has 16 nitrogen and oxygen atoms in total. The maximum absolute atomic E-state index is 16.8. The number of halogens is 1. The normalized spacial score (nSPS) is 30.6. The smallest absolute Gasteiger partial charge is 0.193 e. The number of Topliss-reactive ketones (excluding diaryl/α,β-unsaturated/α-hetero) is 1. The van der Waals surface area contributed by atoms with Crippen LogP contribution in [0.3, 0.4) is 0 Å². The molecule has 586 valence electrons. The van der Waals surface area contributed by atoms with E-state index >= 15 is 4.79 Å². The summed E-state index contributed by atoms with van der Waals surface area (Å²) in [6.45, 7) is 71.9. The molecular weight excluding hydrogens is 1500 g/mol. The summed E-state index contributed by atoms with van der Waals surface area (Å²) < 4.78 is 121. The predicted octanol–water partition coefficient (Wildman–Crippen LogP) is 19.0. The van der Waals surface area contributed by atoms with Crippen LogP contribution in [0.2, 0.25) is 90.7 Å². The highest BCUT2D eigenvalue weighted by Gasteiger charge is 2.60. The van der Waals surface area contributed by atoms with Crippen LogP contribution in [0.4, 0.5) is 0 Å². The van der Waals surface area contributed by atoms with Crippen molar-refractivity contribution in [3.63, 3.8) is 0 Å². The summed E-state index contributed by atoms with van der Waals surface area (Å²) in [4.78, 5) is 17.0. The van der Waals surface area contributed by atoms with Gasteiger partial charge in [0, 0.05) is 38.7 Å². The molecule has 7 rings (SSSR count). The monoisotopic (exact) mass is 1640 g/mol. The van der Waals surface area contributed by atoms with Crippen molar-refractivity contribution in [2.45, 2.75) is 388 Å². The van der Waals surface area contributed by atoms with E-state index in [1.165, 1.54) is 0 Å². The zero-order chi connectivity index (χ0) is 76.6. The number of thiol groups is 1. The molecule has 6 aliphatic heterocycles. The summed E-state index contributed by atoms with van der Waals surface area (Å²) in [6, 6.07) is 5.16. The molecule has 0 bridgehead atoms. The summed E-state index contributed by atoms with van der Waals surface area (Å²) in [7, 11) is -13.7. The van der Waals surface area contributed by atoms with E-state index in [0.717, 1.165) is 55.2 Å². The van der Waals surface area contributed by atoms with Gasteiger partial charge < -0.3 is 60.0 Å². The molecule has 1 aromatic rings. The maximum Gasteiger partial charge on any atom is 0.193 e. The average Bonchev–Trinajstić information content (AvgIpc) is 0.768. The van der Waals surface area contributed by atoms with Gasteiger partial charge in [-0.15, -0.1) is 0 Å². The van der Waals surface area contributed by atoms with Crippen molar-refractivity contribution in [2.75, 3.05) is 26.9 Å². The SMILES string of the molecule is C=C1C[C@H](CCC2OCCO2)O[C@H]1CC[C@H]1C[C@@H](C)C(=C)[C@@H](C[C@@H]2O[C@H](CC(CO[Si](C)(C)C(C)(C)C)O[Si](C)(C)C(C)(C)C)[C@H](OC)[C@H]2CC(=O)C(c2cc([SH](=O)=O)ccc2C)[C@H]2CC[C@@H]3O[C@@H](C(/C=C/I)O[Si](C)(C)C(C)(C)C)C(O[Si](C)(C)C(C)(C)C)C(O[Si](C)(C)C(C)(C)C)[C@H]3O2)O1. The molecule has 0 aliphatic carbocycles. The van der Waals surface area contributed by atoms with Gasteiger partial charge in [0.1, 0.15) is 30.2 Å². The fourth-order valence-corrected chi connectivity index (χ4v) is 21.4. The first-order valence-electron chi connectivity index (χ1n) is 38.5. The van der Waals surface area contributed by atoms with Gasteiger partial charge in [-0.2, -0.15) is 0 Å². The van der Waals surface area contributed by atoms with Crippen LogP contribution in [-0.4, -0.2) is 181 Å². The minimum absolute atomic E-state index is 0.0356. The molecule has 0 aromatic heterocycles. The average molecular weight is 1650 g/mol. The van der Waals surface area contributed by atoms with Crippen molar-refractivity contribution in [3.8, 4) is 0 Å². The van der Waals surface area contributed by atoms with E-state index in [2.05, 4.69) is 211 Å². The zero-order valence-corrected chi connectivity index (χ0v) is 76.6. The molecule has 0 N–H and O–H groups in total. The fourth-order valence-electron chi connectivity index (χ4n) is 14.3. The highest BCUT2D eigenvalue weighted by molar-refractivity contribution is 14.1. The number of aryl methyl sites for hydroxylation is 1. The van der Waals surface area contributed by atoms with Crippen LogP contribution in [0.5, 0.6) is 0 Å². The van der Waals surface area contributed by atoms with Crippen LogP contribution in [0.25, 0.3) is 0 Å². The number of hydrogen-bond donors (Lipinski definition) is 1. The first kappa shape index (κ1) is 88.6. The van der Waals surface area contributed by atoms with Crippen molar-refractivity contribution in [1.82, 2.24) is 0 Å². The summed E-state index contributed by atoms with van der Waals surface area (Å²) in [5.41, 5.74) is 3.53. The highest BCUT2D eigenvalue weighted by atomic mass is 127. The minimum atomic E-state index is -3.02. The van der Waals surface area contributed by atoms with Crippen LogP contribution in [0, 0.1) is 18.8 Å². The number of carbonyl (C=O) groups is 1. The quantitative estimate of drug-likeness (QED) is 0.0333. The number of benzene rings is 1. The largest absolute Gasteiger partial charge is 0.414 e. The van der Waals surface area contributed by atoms with Gasteiger partial charge in [-0.25, -0.2) is 8.42 Å². The van der Waals surface area contributed by atoms with Crippen LogP contribution in [-0.2, 0) is 75.5 Å². The van der Waals surface area contributed by atoms with Gasteiger partial charge in [-0.1, -0.05) is 153 Å². The molecule has 0 spiro atoms. The van der Waals surface area contributed by atoms with Crippen molar-refractivity contribution < 1.29 is 73.2 Å². The second-order valence-corrected chi connectivity index (χ2v) is 64.2. The van der Waals surface area contributed by atoms with E-state index in [1.807, 2.05) is 17.1 Å². The molecule has 0 amide bonds. The summed E-state index contributed by atoms with van der Waals surface area (Å²) in [6.07, 6.45) is 2.16. The van der Waals surface area contributed by atoms with E-state index in [1.54, 1.807) is 19.2 Å². The number of ketones is 1. The lowest BCUT2D eigenvalue weighted by Crippen LogP contribution is -2.69. The van der Waals surface area contributed by atoms with E-state index < -0.39 is 125 Å². The molecule has 6 fully saturated rings. The predicted molar refractivity (Wildman–Crippen MR) is 434 cm³/mol. The van der Waals surface area contributed by atoms with E-state index in [-0.39, 0.29) is 85.0 Å². The van der Waals surface area contributed by atoms with E-state index in [9.17, 15) is 8.42 Å². The third kappa shape index (κ3) is 21.7. The lowest BCUT2D eigenvalue weighted by molar-refractivity contribution is -0.268. The summed E-state index contributed by atoms with van der Waals surface area (Å²) >= 11 is 2.30. The van der Waals surface area contributed by atoms with E-state index in [4.69, 9.17) is 66.6 Å². The Morgan fingerprint density at radius 3 is 1.78 bits per heavy atom. The molecule has 6 saturated heterocycles. The topological polar surface area (TPSA) is 171 Å². The molecule has 6 aliphatic rings. The lowest BCUT2D eigenvalue weighted by atomic mass is 9.76. The molecule has 0 radical (unpaired) electrons. The van der Waals surface area contributed by atoms with Gasteiger partial charge in [0.05, 0.1) is 97.8 Å². The van der Waals surface area contributed by atoms with Gasteiger partial charge in [0.2, 0.25) is 0 Å². The van der Waals surface area contributed by atoms with Gasteiger partial charge in [0.25, 0.3) is 0 Å². The Morgan fingerprint density at radius 1 is 0.667 bits per heavy atom. The van der Waals surface area contributed by atoms with Gasteiger partial charge in [0.15, 0.2) is 58.6 Å². The number of fused-ring (bicyclic) bond motifs is 1. The first-order valence-corrected chi connectivity index (χ1v) is 55.5. The Kier molecular flexibility index (Phi) is 30.0. The Morgan fingerprint density at radius 2 is 1.23 bits per heavy atom. The van der Waals surface area contributed by atoms with Crippen molar-refractivity contribution in [2.24, 2.45) is 11.8 Å². The van der Waals surface area contributed by atoms with Crippen molar-refractivity contribution >= 4 is 80.7 Å². The number of rotatable bonds is 30. The zero-order valence-electron chi connectivity index (χ0n) is 68.5. The highest BCUT2D eigenvalue weighted by Crippen LogP contribution is 2.51.